The van der Waals surface area contributed by atoms with Gasteiger partial charge in [0.1, 0.15) is 0 Å². The summed E-state index contributed by atoms with van der Waals surface area (Å²) in [4.78, 5) is 0. The Kier molecular flexibility index (Phi) is 9.90. The first-order chi connectivity index (χ1) is 8.10. The number of allylic oxidation sites excluding steroid dienone is 6. The standard InChI is InChI=1S/C17H30/c1-6-10-17(7-2)14-9-13-16(5)12-8-11-15(3)4/h10-11,13H,6-9,12,14H2,1-5H3/b16-13+,17-10-. The van der Waals surface area contributed by atoms with Crippen LogP contribution in [0.4, 0.5) is 0 Å². The molecule has 0 N–H and O–H groups in total. The van der Waals surface area contributed by atoms with Crippen LogP contribution < -0.4 is 0 Å². The Morgan fingerprint density at radius 2 is 1.47 bits per heavy atom. The predicted octanol–water partition coefficient (Wildman–Crippen LogP) is 6.21. The van der Waals surface area contributed by atoms with Gasteiger partial charge in [0.25, 0.3) is 0 Å². The van der Waals surface area contributed by atoms with Gasteiger partial charge in [-0.05, 0) is 59.3 Å². The molecule has 0 bridgehead atoms. The Morgan fingerprint density at radius 1 is 0.824 bits per heavy atom. The van der Waals surface area contributed by atoms with Crippen LogP contribution >= 0.6 is 0 Å². The lowest BCUT2D eigenvalue weighted by Gasteiger charge is -2.03. The van der Waals surface area contributed by atoms with Crippen LogP contribution in [-0.4, -0.2) is 0 Å². The maximum atomic E-state index is 2.41. The first-order valence-electron chi connectivity index (χ1n) is 7.07. The van der Waals surface area contributed by atoms with Gasteiger partial charge >= 0.3 is 0 Å². The molecule has 0 heteroatoms. The Labute approximate surface area is 109 Å². The van der Waals surface area contributed by atoms with Gasteiger partial charge in [-0.2, -0.15) is 0 Å². The average molecular weight is 234 g/mol. The molecule has 17 heavy (non-hydrogen) atoms. The number of hydrogen-bond acceptors (Lipinski definition) is 0. The molecule has 0 aliphatic carbocycles. The summed E-state index contributed by atoms with van der Waals surface area (Å²) in [6.45, 7) is 11.1. The fraction of sp³-hybridized carbons (Fsp3) is 0.647. The van der Waals surface area contributed by atoms with Crippen LogP contribution in [0.3, 0.4) is 0 Å². The maximum Gasteiger partial charge on any atom is -0.0286 e. The summed E-state index contributed by atoms with van der Waals surface area (Å²) in [6, 6.07) is 0. The highest BCUT2D eigenvalue weighted by Crippen LogP contribution is 2.14. The zero-order chi connectivity index (χ0) is 13.1. The summed E-state index contributed by atoms with van der Waals surface area (Å²) in [6.07, 6.45) is 14.4. The highest BCUT2D eigenvalue weighted by atomic mass is 14.0. The van der Waals surface area contributed by atoms with Crippen LogP contribution in [-0.2, 0) is 0 Å². The van der Waals surface area contributed by atoms with Crippen molar-refractivity contribution < 1.29 is 0 Å². The van der Waals surface area contributed by atoms with Gasteiger partial charge in [-0.1, -0.05) is 48.8 Å². The monoisotopic (exact) mass is 234 g/mol. The van der Waals surface area contributed by atoms with Crippen molar-refractivity contribution in [3.63, 3.8) is 0 Å². The molecule has 0 aromatic rings. The Hall–Kier alpha value is -0.780. The zero-order valence-electron chi connectivity index (χ0n) is 12.5. The van der Waals surface area contributed by atoms with E-state index in [0.29, 0.717) is 0 Å². The summed E-state index contributed by atoms with van der Waals surface area (Å²) >= 11 is 0. The average Bonchev–Trinajstić information content (AvgIpc) is 2.27. The fourth-order valence-electron chi connectivity index (χ4n) is 1.91. The molecule has 98 valence electrons. The molecular formula is C17H30. The van der Waals surface area contributed by atoms with Crippen LogP contribution in [0.2, 0.25) is 0 Å². The van der Waals surface area contributed by atoms with Crippen molar-refractivity contribution in [2.75, 3.05) is 0 Å². The van der Waals surface area contributed by atoms with Crippen LogP contribution in [0.5, 0.6) is 0 Å². The second-order valence-corrected chi connectivity index (χ2v) is 5.03. The second kappa shape index (κ2) is 10.4. The summed E-state index contributed by atoms with van der Waals surface area (Å²) in [7, 11) is 0. The third-order valence-corrected chi connectivity index (χ3v) is 3.00. The first-order valence-corrected chi connectivity index (χ1v) is 7.07. The molecule has 0 aromatic heterocycles. The van der Waals surface area contributed by atoms with Crippen LogP contribution in [0.25, 0.3) is 0 Å². The molecule has 0 aromatic carbocycles. The topological polar surface area (TPSA) is 0 Å². The van der Waals surface area contributed by atoms with E-state index in [-0.39, 0.29) is 0 Å². The van der Waals surface area contributed by atoms with Crippen molar-refractivity contribution in [1.29, 1.82) is 0 Å². The maximum absolute atomic E-state index is 2.41. The SMILES string of the molecule is CC/C=C(/CC)CC/C=C(\C)CCC=C(C)C. The van der Waals surface area contributed by atoms with E-state index in [0.717, 1.165) is 0 Å². The Balaban J connectivity index is 3.91. The molecule has 0 aliphatic rings. The fourth-order valence-corrected chi connectivity index (χ4v) is 1.91. The molecular weight excluding hydrogens is 204 g/mol. The molecule has 0 fully saturated rings. The molecule has 0 atom stereocenters. The van der Waals surface area contributed by atoms with E-state index in [1.807, 2.05) is 0 Å². The van der Waals surface area contributed by atoms with Crippen molar-refractivity contribution in [2.24, 2.45) is 0 Å². The molecule has 0 aliphatic heterocycles. The molecule has 0 radical (unpaired) electrons. The summed E-state index contributed by atoms with van der Waals surface area (Å²) in [5.41, 5.74) is 4.58. The van der Waals surface area contributed by atoms with E-state index in [2.05, 4.69) is 52.8 Å². The zero-order valence-corrected chi connectivity index (χ0v) is 12.5. The number of hydrogen-bond donors (Lipinski definition) is 0. The molecule has 0 unspecified atom stereocenters. The van der Waals surface area contributed by atoms with Crippen molar-refractivity contribution in [2.45, 2.75) is 73.1 Å². The van der Waals surface area contributed by atoms with Crippen molar-refractivity contribution >= 4 is 0 Å². The third-order valence-electron chi connectivity index (χ3n) is 3.00. The Morgan fingerprint density at radius 3 is 2.00 bits per heavy atom. The minimum Gasteiger partial charge on any atom is -0.0856 e. The van der Waals surface area contributed by atoms with Crippen LogP contribution in [0.1, 0.15) is 73.1 Å². The van der Waals surface area contributed by atoms with E-state index in [4.69, 9.17) is 0 Å². The van der Waals surface area contributed by atoms with E-state index >= 15 is 0 Å². The van der Waals surface area contributed by atoms with Crippen molar-refractivity contribution in [3.05, 3.63) is 34.9 Å². The Bertz CT molecular complexity index is 272. The van der Waals surface area contributed by atoms with E-state index in [1.165, 1.54) is 49.7 Å². The lowest BCUT2D eigenvalue weighted by Crippen LogP contribution is -1.83. The molecule has 0 spiro atoms. The van der Waals surface area contributed by atoms with Gasteiger partial charge in [-0.15, -0.1) is 0 Å². The number of rotatable bonds is 8. The summed E-state index contributed by atoms with van der Waals surface area (Å²) < 4.78 is 0. The van der Waals surface area contributed by atoms with Gasteiger partial charge in [-0.3, -0.25) is 0 Å². The predicted molar refractivity (Wildman–Crippen MR) is 80.3 cm³/mol. The minimum atomic E-state index is 1.17. The molecule has 0 saturated heterocycles. The molecule has 0 heterocycles. The second-order valence-electron chi connectivity index (χ2n) is 5.03. The van der Waals surface area contributed by atoms with Crippen molar-refractivity contribution in [3.8, 4) is 0 Å². The van der Waals surface area contributed by atoms with Crippen LogP contribution in [0.15, 0.2) is 34.9 Å². The molecule has 0 nitrogen and oxygen atoms in total. The van der Waals surface area contributed by atoms with E-state index in [1.54, 1.807) is 5.57 Å². The van der Waals surface area contributed by atoms with Gasteiger partial charge in [0, 0.05) is 0 Å². The highest BCUT2D eigenvalue weighted by molar-refractivity contribution is 5.06. The normalized spacial score (nSPS) is 12.8. The minimum absolute atomic E-state index is 1.17. The third kappa shape index (κ3) is 10.1. The first kappa shape index (κ1) is 16.2. The summed E-state index contributed by atoms with van der Waals surface area (Å²) in [5.74, 6) is 0. The van der Waals surface area contributed by atoms with Crippen LogP contribution in [0, 0.1) is 0 Å². The smallest absolute Gasteiger partial charge is 0.0286 e. The molecule has 0 rings (SSSR count). The van der Waals surface area contributed by atoms with Gasteiger partial charge < -0.3 is 0 Å². The lowest BCUT2D eigenvalue weighted by molar-refractivity contribution is 0.875. The van der Waals surface area contributed by atoms with Gasteiger partial charge in [0.15, 0.2) is 0 Å². The van der Waals surface area contributed by atoms with Crippen molar-refractivity contribution in [1.82, 2.24) is 0 Å². The quantitative estimate of drug-likeness (QED) is 0.438. The van der Waals surface area contributed by atoms with Gasteiger partial charge in [0.2, 0.25) is 0 Å². The largest absolute Gasteiger partial charge is 0.0856 e. The lowest BCUT2D eigenvalue weighted by atomic mass is 10.0. The molecule has 0 amide bonds. The van der Waals surface area contributed by atoms with Gasteiger partial charge in [-0.25, -0.2) is 0 Å². The van der Waals surface area contributed by atoms with Gasteiger partial charge in [0.05, 0.1) is 0 Å². The van der Waals surface area contributed by atoms with E-state index < -0.39 is 0 Å². The highest BCUT2D eigenvalue weighted by Gasteiger charge is 1.93. The van der Waals surface area contributed by atoms with E-state index in [9.17, 15) is 0 Å². The summed E-state index contributed by atoms with van der Waals surface area (Å²) in [5, 5.41) is 0. The molecule has 0 saturated carbocycles.